The zero-order valence-corrected chi connectivity index (χ0v) is 11.0. The molecule has 0 bridgehead atoms. The highest BCUT2D eigenvalue weighted by Gasteiger charge is 2.31. The molecule has 1 fully saturated rings. The lowest BCUT2D eigenvalue weighted by Crippen LogP contribution is -2.26. The van der Waals surface area contributed by atoms with E-state index >= 15 is 0 Å². The van der Waals surface area contributed by atoms with Crippen LogP contribution < -0.4 is 10.6 Å². The molecule has 2 N–H and O–H groups in total. The van der Waals surface area contributed by atoms with E-state index in [9.17, 15) is 4.79 Å². The summed E-state index contributed by atoms with van der Waals surface area (Å²) in [5.74, 6) is 0.950. The Kier molecular flexibility index (Phi) is 3.42. The Bertz CT molecular complexity index is 452. The van der Waals surface area contributed by atoms with E-state index in [4.69, 9.17) is 0 Å². The summed E-state index contributed by atoms with van der Waals surface area (Å²) in [7, 11) is 0. The number of aromatic nitrogens is 1. The highest BCUT2D eigenvalue weighted by molar-refractivity contribution is 7.09. The molecule has 1 aromatic heterocycles. The fraction of sp³-hybridized carbons (Fsp3) is 0.545. The molecule has 0 aromatic carbocycles. The maximum Gasteiger partial charge on any atom is 0.256 e. The predicted molar refractivity (Wildman–Crippen MR) is 68.0 cm³/mol. The Morgan fingerprint density at radius 1 is 1.59 bits per heavy atom. The average Bonchev–Trinajstić information content (AvgIpc) is 2.82. The Morgan fingerprint density at radius 2 is 2.35 bits per heavy atom. The Morgan fingerprint density at radius 3 is 2.94 bits per heavy atom. The topological polar surface area (TPSA) is 66.4 Å². The Balaban J connectivity index is 2.07. The van der Waals surface area contributed by atoms with Crippen molar-refractivity contribution in [2.45, 2.75) is 26.8 Å². The van der Waals surface area contributed by atoms with E-state index in [1.54, 1.807) is 0 Å². The van der Waals surface area contributed by atoms with Crippen LogP contribution in [0.5, 0.6) is 0 Å². The Hall–Kier alpha value is -1.43. The van der Waals surface area contributed by atoms with Crippen LogP contribution in [0.1, 0.15) is 30.6 Å². The van der Waals surface area contributed by atoms with Crippen molar-refractivity contribution in [1.29, 1.82) is 0 Å². The van der Waals surface area contributed by atoms with Gasteiger partial charge >= 0.3 is 0 Å². The van der Waals surface area contributed by atoms with Crippen molar-refractivity contribution in [2.24, 2.45) is 10.9 Å². The van der Waals surface area contributed by atoms with Crippen molar-refractivity contribution in [1.82, 2.24) is 15.6 Å². The van der Waals surface area contributed by atoms with Crippen LogP contribution in [0.15, 0.2) is 10.4 Å². The summed E-state index contributed by atoms with van der Waals surface area (Å²) in [6.07, 6.45) is 0. The molecular weight excluding hydrogens is 236 g/mol. The second-order valence-electron chi connectivity index (χ2n) is 4.48. The van der Waals surface area contributed by atoms with Gasteiger partial charge in [-0.05, 0) is 12.8 Å². The number of amides is 1. The summed E-state index contributed by atoms with van der Waals surface area (Å²) in [5, 5.41) is 8.52. The van der Waals surface area contributed by atoms with Gasteiger partial charge in [-0.3, -0.25) is 15.1 Å². The van der Waals surface area contributed by atoms with Crippen LogP contribution in [0, 0.1) is 12.8 Å². The van der Waals surface area contributed by atoms with E-state index in [0.717, 1.165) is 10.7 Å². The van der Waals surface area contributed by atoms with Gasteiger partial charge in [0.2, 0.25) is 0 Å². The molecule has 0 saturated carbocycles. The van der Waals surface area contributed by atoms with Gasteiger partial charge in [-0.1, -0.05) is 13.8 Å². The lowest BCUT2D eigenvalue weighted by Gasteiger charge is -2.03. The number of nitrogens with one attached hydrogen (secondary N) is 2. The molecule has 1 saturated heterocycles. The fourth-order valence-corrected chi connectivity index (χ4v) is 2.31. The molecule has 2 heterocycles. The second kappa shape index (κ2) is 4.83. The minimum absolute atomic E-state index is 0.0816. The van der Waals surface area contributed by atoms with E-state index in [1.165, 1.54) is 11.3 Å². The number of rotatable bonds is 3. The van der Waals surface area contributed by atoms with Crippen LogP contribution in [-0.2, 0) is 4.79 Å². The van der Waals surface area contributed by atoms with Crippen molar-refractivity contribution in [3.8, 4) is 0 Å². The SMILES string of the molecule is Cc1csc(C2NC(=NCC(C)C)NC2=O)n1. The molecule has 1 aromatic rings. The molecule has 0 spiro atoms. The van der Waals surface area contributed by atoms with Gasteiger partial charge in [0.05, 0.1) is 0 Å². The third kappa shape index (κ3) is 2.82. The highest BCUT2D eigenvalue weighted by Crippen LogP contribution is 2.20. The van der Waals surface area contributed by atoms with Crippen LogP contribution in [0.4, 0.5) is 0 Å². The van der Waals surface area contributed by atoms with Crippen molar-refractivity contribution in [3.63, 3.8) is 0 Å². The van der Waals surface area contributed by atoms with Crippen molar-refractivity contribution < 1.29 is 4.79 Å². The molecule has 6 heteroatoms. The predicted octanol–water partition coefficient (Wildman–Crippen LogP) is 1.22. The number of aryl methyl sites for hydroxylation is 1. The van der Waals surface area contributed by atoms with Gasteiger partial charge in [-0.15, -0.1) is 11.3 Å². The maximum absolute atomic E-state index is 11.8. The molecular formula is C11H16N4OS. The zero-order chi connectivity index (χ0) is 12.4. The van der Waals surface area contributed by atoms with Gasteiger partial charge in [0.25, 0.3) is 5.91 Å². The molecule has 0 radical (unpaired) electrons. The molecule has 5 nitrogen and oxygen atoms in total. The van der Waals surface area contributed by atoms with Gasteiger partial charge in [0, 0.05) is 17.6 Å². The van der Waals surface area contributed by atoms with Crippen LogP contribution in [0.3, 0.4) is 0 Å². The highest BCUT2D eigenvalue weighted by atomic mass is 32.1. The third-order valence-corrected chi connectivity index (χ3v) is 3.31. The van der Waals surface area contributed by atoms with E-state index in [0.29, 0.717) is 18.4 Å². The summed E-state index contributed by atoms with van der Waals surface area (Å²) in [6.45, 7) is 6.79. The average molecular weight is 252 g/mol. The number of nitrogens with zero attached hydrogens (tertiary/aromatic N) is 2. The van der Waals surface area contributed by atoms with Gasteiger partial charge in [-0.25, -0.2) is 4.98 Å². The van der Waals surface area contributed by atoms with Crippen LogP contribution in [0.25, 0.3) is 0 Å². The molecule has 1 amide bonds. The quantitative estimate of drug-likeness (QED) is 0.850. The smallest absolute Gasteiger partial charge is 0.256 e. The van der Waals surface area contributed by atoms with Gasteiger partial charge < -0.3 is 5.32 Å². The normalized spacial score (nSPS) is 22.0. The first-order valence-electron chi connectivity index (χ1n) is 5.60. The van der Waals surface area contributed by atoms with E-state index < -0.39 is 0 Å². The monoisotopic (exact) mass is 252 g/mol. The number of hydrogen-bond acceptors (Lipinski definition) is 4. The minimum Gasteiger partial charge on any atom is -0.338 e. The lowest BCUT2D eigenvalue weighted by atomic mass is 10.2. The summed E-state index contributed by atoms with van der Waals surface area (Å²) in [5.41, 5.74) is 0.937. The van der Waals surface area contributed by atoms with E-state index in [2.05, 4.69) is 34.5 Å². The van der Waals surface area contributed by atoms with Crippen molar-refractivity contribution >= 4 is 23.2 Å². The van der Waals surface area contributed by atoms with Gasteiger partial charge in [0.1, 0.15) is 5.01 Å². The molecule has 1 atom stereocenters. The van der Waals surface area contributed by atoms with Gasteiger partial charge in [0.15, 0.2) is 12.0 Å². The van der Waals surface area contributed by atoms with Crippen LogP contribution in [0.2, 0.25) is 0 Å². The van der Waals surface area contributed by atoms with Crippen molar-refractivity contribution in [3.05, 3.63) is 16.1 Å². The first-order chi connectivity index (χ1) is 8.06. The maximum atomic E-state index is 11.8. The summed E-state index contributed by atoms with van der Waals surface area (Å²) in [4.78, 5) is 20.4. The third-order valence-electron chi connectivity index (χ3n) is 2.28. The first-order valence-corrected chi connectivity index (χ1v) is 6.48. The van der Waals surface area contributed by atoms with Crippen LogP contribution in [-0.4, -0.2) is 23.4 Å². The molecule has 1 aliphatic heterocycles. The number of carbonyl (C=O) groups excluding carboxylic acids is 1. The minimum atomic E-state index is -0.389. The summed E-state index contributed by atoms with van der Waals surface area (Å²) >= 11 is 1.49. The number of hydrogen-bond donors (Lipinski definition) is 2. The molecule has 0 aliphatic carbocycles. The van der Waals surface area contributed by atoms with Gasteiger partial charge in [-0.2, -0.15) is 0 Å². The first kappa shape index (κ1) is 12.0. The standard InChI is InChI=1S/C11H16N4OS/c1-6(2)4-12-11-14-8(9(16)15-11)10-13-7(3)5-17-10/h5-6,8H,4H2,1-3H3,(H2,12,14,15,16). The fourth-order valence-electron chi connectivity index (χ4n) is 1.46. The zero-order valence-electron chi connectivity index (χ0n) is 10.2. The Labute approximate surface area is 104 Å². The van der Waals surface area contributed by atoms with E-state index in [1.807, 2.05) is 12.3 Å². The number of aliphatic imine (C=N–C) groups is 1. The second-order valence-corrected chi connectivity index (χ2v) is 5.37. The number of guanidine groups is 1. The number of carbonyl (C=O) groups is 1. The summed E-state index contributed by atoms with van der Waals surface area (Å²) < 4.78 is 0. The lowest BCUT2D eigenvalue weighted by molar-refractivity contribution is -0.120. The summed E-state index contributed by atoms with van der Waals surface area (Å²) in [6, 6.07) is -0.389. The largest absolute Gasteiger partial charge is 0.338 e. The van der Waals surface area contributed by atoms with Crippen LogP contribution >= 0.6 is 11.3 Å². The van der Waals surface area contributed by atoms with E-state index in [-0.39, 0.29) is 11.9 Å². The molecule has 17 heavy (non-hydrogen) atoms. The van der Waals surface area contributed by atoms with Crippen molar-refractivity contribution in [2.75, 3.05) is 6.54 Å². The molecule has 1 aliphatic rings. The molecule has 1 unspecified atom stereocenters. The molecule has 92 valence electrons. The number of thiazole rings is 1. The molecule has 2 rings (SSSR count).